The number of carbonyl (C=O) groups is 1. The van der Waals surface area contributed by atoms with Gasteiger partial charge in [-0.15, -0.1) is 11.3 Å². The van der Waals surface area contributed by atoms with Crippen molar-refractivity contribution >= 4 is 33.1 Å². The number of hydrogen-bond acceptors (Lipinski definition) is 4. The Bertz CT molecular complexity index is 1160. The minimum Gasteiger partial charge on any atom is -0.354 e. The molecule has 1 amide bonds. The number of rotatable bonds is 3. The molecule has 4 aromatic rings. The molecule has 5 heterocycles. The molecule has 1 aliphatic rings. The Morgan fingerprint density at radius 1 is 1.21 bits per heavy atom. The highest BCUT2D eigenvalue weighted by Gasteiger charge is 2.24. The van der Waals surface area contributed by atoms with Gasteiger partial charge >= 0.3 is 0 Å². The lowest BCUT2D eigenvalue weighted by atomic mass is 10.00. The quantitative estimate of drug-likeness (QED) is 0.558. The van der Waals surface area contributed by atoms with Crippen LogP contribution in [0.1, 0.15) is 35.0 Å². The van der Waals surface area contributed by atoms with Crippen molar-refractivity contribution in [2.24, 2.45) is 0 Å². The maximum atomic E-state index is 12.9. The van der Waals surface area contributed by atoms with E-state index in [1.807, 2.05) is 34.0 Å². The van der Waals surface area contributed by atoms with Crippen LogP contribution in [0.2, 0.25) is 0 Å². The van der Waals surface area contributed by atoms with Crippen molar-refractivity contribution in [1.29, 1.82) is 0 Å². The Morgan fingerprint density at radius 2 is 2.04 bits per heavy atom. The average molecular weight is 394 g/mol. The van der Waals surface area contributed by atoms with E-state index in [0.717, 1.165) is 53.5 Å². The second-order valence-electron chi connectivity index (χ2n) is 7.57. The maximum Gasteiger partial charge on any atom is 0.264 e. The summed E-state index contributed by atoms with van der Waals surface area (Å²) in [6.45, 7) is 7.70. The maximum absolute atomic E-state index is 12.9. The second-order valence-corrected chi connectivity index (χ2v) is 8.62. The highest BCUT2D eigenvalue weighted by molar-refractivity contribution is 7.21. The molecule has 0 unspecified atom stereocenters. The molecule has 1 aliphatic heterocycles. The van der Waals surface area contributed by atoms with Crippen LogP contribution in [-0.4, -0.2) is 51.4 Å². The third-order valence-electron chi connectivity index (χ3n) is 5.38. The Morgan fingerprint density at radius 3 is 2.82 bits per heavy atom. The van der Waals surface area contributed by atoms with Gasteiger partial charge in [-0.3, -0.25) is 4.79 Å². The number of nitrogens with zero attached hydrogens (tertiary/aromatic N) is 3. The molecule has 0 radical (unpaired) electrons. The molecule has 0 aromatic carbocycles. The topological polar surface area (TPSA) is 65.4 Å². The van der Waals surface area contributed by atoms with Crippen LogP contribution in [0.3, 0.4) is 0 Å². The van der Waals surface area contributed by atoms with Crippen LogP contribution in [0.4, 0.5) is 0 Å². The lowest BCUT2D eigenvalue weighted by molar-refractivity contribution is 0.0741. The third-order valence-corrected chi connectivity index (χ3v) is 6.54. The van der Waals surface area contributed by atoms with E-state index in [2.05, 4.69) is 41.3 Å². The molecular weight excluding hydrogens is 370 g/mol. The lowest BCUT2D eigenvalue weighted by Crippen LogP contribution is -2.46. The summed E-state index contributed by atoms with van der Waals surface area (Å²) in [5.74, 6) is 0.492. The van der Waals surface area contributed by atoms with Crippen LogP contribution >= 0.6 is 11.3 Å². The van der Waals surface area contributed by atoms with E-state index in [1.165, 1.54) is 10.3 Å². The summed E-state index contributed by atoms with van der Waals surface area (Å²) < 4.78 is 3.19. The number of piperazine rings is 1. The lowest BCUT2D eigenvalue weighted by Gasteiger charge is -2.26. The van der Waals surface area contributed by atoms with E-state index in [4.69, 9.17) is 0 Å². The van der Waals surface area contributed by atoms with Gasteiger partial charge in [0.1, 0.15) is 5.65 Å². The van der Waals surface area contributed by atoms with Gasteiger partial charge in [0.25, 0.3) is 5.91 Å². The van der Waals surface area contributed by atoms with Crippen molar-refractivity contribution in [3.05, 3.63) is 47.2 Å². The number of hydrogen-bond donors (Lipinski definition) is 2. The molecule has 0 atom stereocenters. The summed E-state index contributed by atoms with van der Waals surface area (Å²) in [6.07, 6.45) is 5.80. The van der Waals surface area contributed by atoms with Crippen molar-refractivity contribution < 1.29 is 4.79 Å². The van der Waals surface area contributed by atoms with Crippen LogP contribution in [0.5, 0.6) is 0 Å². The van der Waals surface area contributed by atoms with E-state index in [0.29, 0.717) is 5.92 Å². The molecule has 4 aromatic heterocycles. The first-order valence-corrected chi connectivity index (χ1v) is 10.5. The van der Waals surface area contributed by atoms with Gasteiger partial charge in [-0.25, -0.2) is 4.98 Å². The summed E-state index contributed by atoms with van der Waals surface area (Å²) in [5.41, 5.74) is 5.50. The molecule has 28 heavy (non-hydrogen) atoms. The van der Waals surface area contributed by atoms with E-state index in [9.17, 15) is 4.79 Å². The second kappa shape index (κ2) is 6.76. The zero-order valence-corrected chi connectivity index (χ0v) is 16.8. The Balaban J connectivity index is 1.58. The summed E-state index contributed by atoms with van der Waals surface area (Å²) >= 11 is 1.61. The number of nitrogens with one attached hydrogen (secondary N) is 2. The van der Waals surface area contributed by atoms with Crippen LogP contribution < -0.4 is 5.32 Å². The monoisotopic (exact) mass is 393 g/mol. The minimum atomic E-state index is 0.145. The third kappa shape index (κ3) is 2.82. The van der Waals surface area contributed by atoms with Crippen LogP contribution in [0.25, 0.3) is 27.1 Å². The summed E-state index contributed by atoms with van der Waals surface area (Å²) in [7, 11) is 0. The minimum absolute atomic E-state index is 0.145. The summed E-state index contributed by atoms with van der Waals surface area (Å²) in [6, 6.07) is 6.24. The molecule has 6 nitrogen and oxygen atoms in total. The van der Waals surface area contributed by atoms with E-state index in [1.54, 1.807) is 11.3 Å². The Kier molecular flexibility index (Phi) is 4.21. The first-order chi connectivity index (χ1) is 13.6. The van der Waals surface area contributed by atoms with Crippen molar-refractivity contribution in [3.8, 4) is 11.3 Å². The summed E-state index contributed by atoms with van der Waals surface area (Å²) in [5, 5.41) is 3.30. The molecule has 7 heteroatoms. The fourth-order valence-corrected chi connectivity index (χ4v) is 5.25. The number of H-pyrrole nitrogens is 1. The standard InChI is InChI=1S/C21H23N5OS/c1-13(2)18-19(14-3-7-25-10-6-23-17(25)11-14)24-15-12-16(28-20(15)18)21(27)26-8-4-22-5-9-26/h3,6-7,10-13,22,24H,4-5,8-9H2,1-2H3. The van der Waals surface area contributed by atoms with Gasteiger partial charge in [0.2, 0.25) is 0 Å². The van der Waals surface area contributed by atoms with E-state index in [-0.39, 0.29) is 5.91 Å². The number of aromatic amines is 1. The first-order valence-electron chi connectivity index (χ1n) is 9.70. The van der Waals surface area contributed by atoms with E-state index >= 15 is 0 Å². The van der Waals surface area contributed by atoms with Gasteiger partial charge in [-0.05, 0) is 29.7 Å². The van der Waals surface area contributed by atoms with Gasteiger partial charge < -0.3 is 19.6 Å². The van der Waals surface area contributed by atoms with Crippen LogP contribution in [0.15, 0.2) is 36.8 Å². The van der Waals surface area contributed by atoms with Gasteiger partial charge in [-0.2, -0.15) is 0 Å². The fraction of sp³-hybridized carbons (Fsp3) is 0.333. The average Bonchev–Trinajstić information content (AvgIpc) is 3.40. The Hall–Kier alpha value is -2.64. The van der Waals surface area contributed by atoms with Gasteiger partial charge in [0, 0.05) is 50.3 Å². The summed E-state index contributed by atoms with van der Waals surface area (Å²) in [4.78, 5) is 23.7. The smallest absolute Gasteiger partial charge is 0.264 e. The van der Waals surface area contributed by atoms with Gasteiger partial charge in [0.15, 0.2) is 0 Å². The normalized spacial score (nSPS) is 15.2. The van der Waals surface area contributed by atoms with E-state index < -0.39 is 0 Å². The molecule has 5 rings (SSSR count). The van der Waals surface area contributed by atoms with Crippen molar-refractivity contribution in [3.63, 3.8) is 0 Å². The number of amides is 1. The zero-order chi connectivity index (χ0) is 19.3. The number of thiophene rings is 1. The van der Waals surface area contributed by atoms with Crippen molar-refractivity contribution in [2.75, 3.05) is 26.2 Å². The number of carbonyl (C=O) groups excluding carboxylic acids is 1. The van der Waals surface area contributed by atoms with Gasteiger partial charge in [-0.1, -0.05) is 13.8 Å². The Labute approximate surface area is 167 Å². The molecule has 144 valence electrons. The zero-order valence-electron chi connectivity index (χ0n) is 16.0. The fourth-order valence-electron chi connectivity index (χ4n) is 3.97. The highest BCUT2D eigenvalue weighted by atomic mass is 32.1. The molecule has 0 aliphatic carbocycles. The molecule has 0 saturated carbocycles. The predicted octanol–water partition coefficient (Wildman–Crippen LogP) is 3.71. The van der Waals surface area contributed by atoms with Crippen molar-refractivity contribution in [1.82, 2.24) is 24.6 Å². The number of imidazole rings is 1. The molecule has 0 spiro atoms. The molecule has 0 bridgehead atoms. The van der Waals surface area contributed by atoms with Crippen molar-refractivity contribution in [2.45, 2.75) is 19.8 Å². The number of pyridine rings is 1. The molecule has 2 N–H and O–H groups in total. The number of aromatic nitrogens is 3. The highest BCUT2D eigenvalue weighted by Crippen LogP contribution is 2.40. The largest absolute Gasteiger partial charge is 0.354 e. The van der Waals surface area contributed by atoms with Crippen LogP contribution in [0, 0.1) is 0 Å². The number of fused-ring (bicyclic) bond motifs is 2. The molecule has 1 fully saturated rings. The van der Waals surface area contributed by atoms with Crippen LogP contribution in [-0.2, 0) is 0 Å². The SMILES string of the molecule is CC(C)c1c(-c2ccn3ccnc3c2)[nH]c2cc(C(=O)N3CCNCC3)sc12. The molecular formula is C21H23N5OS. The van der Waals surface area contributed by atoms with Gasteiger partial charge in [0.05, 0.1) is 20.8 Å². The predicted molar refractivity (Wildman–Crippen MR) is 113 cm³/mol. The first kappa shape index (κ1) is 17.5. The molecule has 1 saturated heterocycles.